The fourth-order valence-corrected chi connectivity index (χ4v) is 2.17. The molecular formula is C12H14ClNO. The van der Waals surface area contributed by atoms with Crippen LogP contribution in [0.15, 0.2) is 18.2 Å². The smallest absolute Gasteiger partial charge is 0.232 e. The van der Waals surface area contributed by atoms with Crippen molar-refractivity contribution >= 4 is 23.2 Å². The first-order valence-electron chi connectivity index (χ1n) is 5.32. The van der Waals surface area contributed by atoms with Crippen molar-refractivity contribution in [3.8, 4) is 0 Å². The third-order valence-corrected chi connectivity index (χ3v) is 3.04. The van der Waals surface area contributed by atoms with E-state index in [4.69, 9.17) is 11.6 Å². The Labute approximate surface area is 94.6 Å². The Morgan fingerprint density at radius 2 is 2.27 bits per heavy atom. The molecule has 0 spiro atoms. The van der Waals surface area contributed by atoms with E-state index in [-0.39, 0.29) is 11.8 Å². The summed E-state index contributed by atoms with van der Waals surface area (Å²) in [4.78, 5) is 11.7. The van der Waals surface area contributed by atoms with Crippen molar-refractivity contribution in [1.82, 2.24) is 0 Å². The number of rotatable bonds is 3. The second kappa shape index (κ2) is 4.23. The second-order valence-electron chi connectivity index (χ2n) is 3.92. The van der Waals surface area contributed by atoms with Crippen LogP contribution in [0.3, 0.4) is 0 Å². The van der Waals surface area contributed by atoms with Gasteiger partial charge in [-0.25, -0.2) is 0 Å². The van der Waals surface area contributed by atoms with Crippen LogP contribution in [0.2, 0.25) is 5.02 Å². The minimum Gasteiger partial charge on any atom is -0.325 e. The van der Waals surface area contributed by atoms with Crippen LogP contribution in [0.4, 0.5) is 5.69 Å². The number of unbranched alkanes of at least 4 members (excludes halogenated alkanes) is 1. The molecule has 2 rings (SSSR count). The lowest BCUT2D eigenvalue weighted by Crippen LogP contribution is -2.11. The summed E-state index contributed by atoms with van der Waals surface area (Å²) >= 11 is 5.93. The molecule has 1 heterocycles. The number of fused-ring (bicyclic) bond motifs is 1. The van der Waals surface area contributed by atoms with Gasteiger partial charge < -0.3 is 5.32 Å². The van der Waals surface area contributed by atoms with Crippen LogP contribution < -0.4 is 5.32 Å². The molecule has 1 amide bonds. The van der Waals surface area contributed by atoms with Crippen LogP contribution in [-0.2, 0) is 4.79 Å². The molecule has 0 saturated carbocycles. The molecule has 2 nitrogen and oxygen atoms in total. The number of benzene rings is 1. The van der Waals surface area contributed by atoms with E-state index < -0.39 is 0 Å². The third-order valence-electron chi connectivity index (χ3n) is 2.81. The van der Waals surface area contributed by atoms with E-state index in [1.54, 1.807) is 0 Å². The number of anilines is 1. The normalized spacial score (nSPS) is 18.8. The number of hydrogen-bond donors (Lipinski definition) is 1. The maximum atomic E-state index is 11.7. The van der Waals surface area contributed by atoms with Crippen LogP contribution >= 0.6 is 11.6 Å². The van der Waals surface area contributed by atoms with Crippen molar-refractivity contribution < 1.29 is 4.79 Å². The number of carbonyl (C=O) groups is 1. The van der Waals surface area contributed by atoms with Crippen LogP contribution in [-0.4, -0.2) is 5.91 Å². The lowest BCUT2D eigenvalue weighted by molar-refractivity contribution is -0.117. The van der Waals surface area contributed by atoms with Crippen LogP contribution in [0, 0.1) is 0 Å². The topological polar surface area (TPSA) is 29.1 Å². The molecule has 0 bridgehead atoms. The van der Waals surface area contributed by atoms with E-state index in [1.807, 2.05) is 18.2 Å². The molecule has 1 aromatic rings. The number of halogens is 1. The zero-order valence-electron chi connectivity index (χ0n) is 8.72. The molecule has 1 aliphatic heterocycles. The summed E-state index contributed by atoms with van der Waals surface area (Å²) in [6.45, 7) is 2.13. The molecule has 1 atom stereocenters. The van der Waals surface area contributed by atoms with E-state index in [0.717, 1.165) is 30.5 Å². The van der Waals surface area contributed by atoms with E-state index in [9.17, 15) is 4.79 Å². The molecule has 15 heavy (non-hydrogen) atoms. The monoisotopic (exact) mass is 223 g/mol. The molecule has 1 N–H and O–H groups in total. The van der Waals surface area contributed by atoms with Crippen molar-refractivity contribution in [2.75, 3.05) is 5.32 Å². The van der Waals surface area contributed by atoms with E-state index in [2.05, 4.69) is 12.2 Å². The SMILES string of the molecule is CCCCC1C(=O)Nc2ccc(Cl)cc21. The molecular weight excluding hydrogens is 210 g/mol. The number of amides is 1. The molecule has 80 valence electrons. The largest absolute Gasteiger partial charge is 0.325 e. The van der Waals surface area contributed by atoms with Crippen LogP contribution in [0.5, 0.6) is 0 Å². The van der Waals surface area contributed by atoms with Crippen LogP contribution in [0.1, 0.15) is 37.7 Å². The molecule has 1 unspecified atom stereocenters. The zero-order valence-corrected chi connectivity index (χ0v) is 9.47. The van der Waals surface area contributed by atoms with Gasteiger partial charge in [0.25, 0.3) is 0 Å². The maximum Gasteiger partial charge on any atom is 0.232 e. The molecule has 3 heteroatoms. The van der Waals surface area contributed by atoms with E-state index >= 15 is 0 Å². The number of nitrogens with one attached hydrogen (secondary N) is 1. The van der Waals surface area contributed by atoms with Gasteiger partial charge in [-0.05, 0) is 30.2 Å². The van der Waals surface area contributed by atoms with E-state index in [1.165, 1.54) is 0 Å². The highest BCUT2D eigenvalue weighted by molar-refractivity contribution is 6.31. The summed E-state index contributed by atoms with van der Waals surface area (Å²) in [5.74, 6) is 0.111. The third kappa shape index (κ3) is 2.00. The Morgan fingerprint density at radius 3 is 3.00 bits per heavy atom. The lowest BCUT2D eigenvalue weighted by atomic mass is 9.95. The Hall–Kier alpha value is -1.02. The number of carbonyl (C=O) groups excluding carboxylic acids is 1. The van der Waals surface area contributed by atoms with Gasteiger partial charge in [-0.1, -0.05) is 31.4 Å². The Kier molecular flexibility index (Phi) is 2.96. The minimum atomic E-state index is -0.00125. The maximum absolute atomic E-state index is 11.7. The zero-order chi connectivity index (χ0) is 10.8. The molecule has 0 aliphatic carbocycles. The van der Waals surface area contributed by atoms with Crippen molar-refractivity contribution in [2.24, 2.45) is 0 Å². The summed E-state index contributed by atoms with van der Waals surface area (Å²) < 4.78 is 0. The Morgan fingerprint density at radius 1 is 1.47 bits per heavy atom. The van der Waals surface area contributed by atoms with Crippen molar-refractivity contribution in [1.29, 1.82) is 0 Å². The first-order chi connectivity index (χ1) is 7.22. The van der Waals surface area contributed by atoms with Gasteiger partial charge in [-0.2, -0.15) is 0 Å². The van der Waals surface area contributed by atoms with Gasteiger partial charge in [-0.15, -0.1) is 0 Å². The molecule has 0 fully saturated rings. The quantitative estimate of drug-likeness (QED) is 0.834. The lowest BCUT2D eigenvalue weighted by Gasteiger charge is -2.07. The van der Waals surface area contributed by atoms with Gasteiger partial charge >= 0.3 is 0 Å². The van der Waals surface area contributed by atoms with Crippen molar-refractivity contribution in [3.63, 3.8) is 0 Å². The first kappa shape index (κ1) is 10.5. The van der Waals surface area contributed by atoms with Gasteiger partial charge in [-0.3, -0.25) is 4.79 Å². The average molecular weight is 224 g/mol. The average Bonchev–Trinajstić information content (AvgIpc) is 2.51. The minimum absolute atomic E-state index is 0.00125. The summed E-state index contributed by atoms with van der Waals surface area (Å²) in [5, 5.41) is 3.59. The highest BCUT2D eigenvalue weighted by atomic mass is 35.5. The summed E-state index contributed by atoms with van der Waals surface area (Å²) in [5.41, 5.74) is 1.98. The van der Waals surface area contributed by atoms with Gasteiger partial charge in [0, 0.05) is 10.7 Å². The van der Waals surface area contributed by atoms with Gasteiger partial charge in [0.1, 0.15) is 0 Å². The molecule has 1 aromatic carbocycles. The van der Waals surface area contributed by atoms with Gasteiger partial charge in [0.2, 0.25) is 5.91 Å². The summed E-state index contributed by atoms with van der Waals surface area (Å²) in [6, 6.07) is 5.58. The van der Waals surface area contributed by atoms with Crippen molar-refractivity contribution in [3.05, 3.63) is 28.8 Å². The fourth-order valence-electron chi connectivity index (χ4n) is 1.99. The standard InChI is InChI=1S/C12H14ClNO/c1-2-3-4-9-10-7-8(13)5-6-11(10)14-12(9)15/h5-7,9H,2-4H2,1H3,(H,14,15). The highest BCUT2D eigenvalue weighted by Gasteiger charge is 2.29. The van der Waals surface area contributed by atoms with Gasteiger partial charge in [0.05, 0.1) is 5.92 Å². The highest BCUT2D eigenvalue weighted by Crippen LogP contribution is 2.37. The van der Waals surface area contributed by atoms with E-state index in [0.29, 0.717) is 5.02 Å². The summed E-state index contributed by atoms with van der Waals surface area (Å²) in [7, 11) is 0. The first-order valence-corrected chi connectivity index (χ1v) is 5.70. The Balaban J connectivity index is 2.27. The van der Waals surface area contributed by atoms with Crippen LogP contribution in [0.25, 0.3) is 0 Å². The predicted octanol–water partition coefficient (Wildman–Crippen LogP) is 3.57. The fraction of sp³-hybridized carbons (Fsp3) is 0.417. The predicted molar refractivity (Wildman–Crippen MR) is 62.3 cm³/mol. The molecule has 0 aromatic heterocycles. The summed E-state index contributed by atoms with van der Waals surface area (Å²) in [6.07, 6.45) is 3.10. The Bertz CT molecular complexity index is 389. The molecule has 0 saturated heterocycles. The molecule has 0 radical (unpaired) electrons. The van der Waals surface area contributed by atoms with Crippen molar-refractivity contribution in [2.45, 2.75) is 32.1 Å². The second-order valence-corrected chi connectivity index (χ2v) is 4.35. The molecule has 1 aliphatic rings. The number of hydrogen-bond acceptors (Lipinski definition) is 1. The van der Waals surface area contributed by atoms with Gasteiger partial charge in [0.15, 0.2) is 0 Å².